The molecule has 0 unspecified atom stereocenters. The van der Waals surface area contributed by atoms with E-state index in [4.69, 9.17) is 14.2 Å². The molecule has 8 heteroatoms. The molecule has 1 aromatic heterocycles. The van der Waals surface area contributed by atoms with Crippen LogP contribution in [0.5, 0.6) is 0 Å². The van der Waals surface area contributed by atoms with Crippen LogP contribution in [-0.4, -0.2) is 46.5 Å². The molecule has 0 saturated carbocycles. The number of ether oxygens (including phenoxy) is 3. The summed E-state index contributed by atoms with van der Waals surface area (Å²) in [5, 5.41) is 2.25. The van der Waals surface area contributed by atoms with E-state index in [1.807, 2.05) is 20.8 Å². The van der Waals surface area contributed by atoms with Gasteiger partial charge >= 0.3 is 12.1 Å². The third-order valence-electron chi connectivity index (χ3n) is 3.37. The molecule has 1 fully saturated rings. The molecule has 0 aliphatic carbocycles. The molecule has 24 heavy (non-hydrogen) atoms. The summed E-state index contributed by atoms with van der Waals surface area (Å²) in [6.07, 6.45) is -0.470. The van der Waals surface area contributed by atoms with Crippen molar-refractivity contribution >= 4 is 23.4 Å². The van der Waals surface area contributed by atoms with E-state index in [1.54, 1.807) is 26.2 Å². The van der Waals surface area contributed by atoms with Gasteiger partial charge in [0.2, 0.25) is 0 Å². The van der Waals surface area contributed by atoms with E-state index in [1.165, 1.54) is 16.2 Å². The fourth-order valence-electron chi connectivity index (χ4n) is 2.38. The zero-order valence-electron chi connectivity index (χ0n) is 14.9. The largest absolute Gasteiger partial charge is 0.461 e. The van der Waals surface area contributed by atoms with Gasteiger partial charge in [-0.25, -0.2) is 14.6 Å². The SMILES string of the molecule is CCOC(=O)c1csc([C@@H]2COC(C)(C)N2C(=O)OC(C)(C)C)n1. The van der Waals surface area contributed by atoms with Gasteiger partial charge in [-0.1, -0.05) is 0 Å². The van der Waals surface area contributed by atoms with E-state index in [2.05, 4.69) is 4.98 Å². The molecule has 2 heterocycles. The zero-order chi connectivity index (χ0) is 18.1. The van der Waals surface area contributed by atoms with Crippen molar-refractivity contribution in [2.75, 3.05) is 13.2 Å². The van der Waals surface area contributed by atoms with Crippen LogP contribution in [0.1, 0.15) is 63.1 Å². The molecule has 0 spiro atoms. The number of carbonyl (C=O) groups excluding carboxylic acids is 2. The van der Waals surface area contributed by atoms with Gasteiger partial charge in [-0.15, -0.1) is 11.3 Å². The van der Waals surface area contributed by atoms with Crippen molar-refractivity contribution in [2.24, 2.45) is 0 Å². The molecule has 1 aromatic rings. The fourth-order valence-corrected chi connectivity index (χ4v) is 3.24. The van der Waals surface area contributed by atoms with Crippen LogP contribution in [0.4, 0.5) is 4.79 Å². The number of esters is 1. The van der Waals surface area contributed by atoms with Crippen LogP contribution in [0.2, 0.25) is 0 Å². The lowest BCUT2D eigenvalue weighted by atomic mass is 10.2. The first kappa shape index (κ1) is 18.7. The monoisotopic (exact) mass is 356 g/mol. The summed E-state index contributed by atoms with van der Waals surface area (Å²) in [5.41, 5.74) is -1.19. The Labute approximate surface area is 145 Å². The van der Waals surface area contributed by atoms with Crippen LogP contribution in [0.3, 0.4) is 0 Å². The molecule has 0 aromatic carbocycles. The Morgan fingerprint density at radius 2 is 2.12 bits per heavy atom. The van der Waals surface area contributed by atoms with E-state index in [0.29, 0.717) is 11.6 Å². The number of thiazole rings is 1. The summed E-state index contributed by atoms with van der Waals surface area (Å²) in [7, 11) is 0. The molecule has 0 bridgehead atoms. The highest BCUT2D eigenvalue weighted by Crippen LogP contribution is 2.39. The van der Waals surface area contributed by atoms with Crippen LogP contribution >= 0.6 is 11.3 Å². The Bertz CT molecular complexity index is 620. The lowest BCUT2D eigenvalue weighted by Gasteiger charge is -2.34. The number of rotatable bonds is 3. The van der Waals surface area contributed by atoms with Crippen LogP contribution in [-0.2, 0) is 14.2 Å². The number of amides is 1. The number of carbonyl (C=O) groups is 2. The summed E-state index contributed by atoms with van der Waals surface area (Å²) in [6.45, 7) is 11.4. The van der Waals surface area contributed by atoms with E-state index in [0.717, 1.165) is 0 Å². The first-order valence-electron chi connectivity index (χ1n) is 7.84. The highest BCUT2D eigenvalue weighted by molar-refractivity contribution is 7.09. The van der Waals surface area contributed by atoms with Gasteiger partial charge in [0.25, 0.3) is 0 Å². The van der Waals surface area contributed by atoms with Gasteiger partial charge < -0.3 is 14.2 Å². The minimum absolute atomic E-state index is 0.241. The average molecular weight is 356 g/mol. The molecule has 0 N–H and O–H groups in total. The normalized spacial score (nSPS) is 20.1. The van der Waals surface area contributed by atoms with Gasteiger partial charge in [-0.2, -0.15) is 0 Å². The van der Waals surface area contributed by atoms with E-state index in [-0.39, 0.29) is 12.3 Å². The Hall–Kier alpha value is -1.67. The van der Waals surface area contributed by atoms with Gasteiger partial charge in [0.05, 0.1) is 13.2 Å². The van der Waals surface area contributed by atoms with Gasteiger partial charge in [0.15, 0.2) is 5.69 Å². The summed E-state index contributed by atoms with van der Waals surface area (Å²) in [5.74, 6) is -0.470. The lowest BCUT2D eigenvalue weighted by Crippen LogP contribution is -2.47. The number of hydrogen-bond acceptors (Lipinski definition) is 7. The summed E-state index contributed by atoms with van der Waals surface area (Å²) >= 11 is 1.30. The van der Waals surface area contributed by atoms with Crippen LogP contribution in [0, 0.1) is 0 Å². The van der Waals surface area contributed by atoms with E-state index in [9.17, 15) is 9.59 Å². The van der Waals surface area contributed by atoms with Crippen molar-refractivity contribution in [2.45, 2.75) is 58.9 Å². The lowest BCUT2D eigenvalue weighted by molar-refractivity contribution is -0.0626. The maximum atomic E-state index is 12.6. The first-order chi connectivity index (χ1) is 11.0. The molecule has 1 saturated heterocycles. The maximum Gasteiger partial charge on any atom is 0.413 e. The van der Waals surface area contributed by atoms with Gasteiger partial charge in [-0.05, 0) is 41.5 Å². The van der Waals surface area contributed by atoms with Gasteiger partial charge in [0.1, 0.15) is 22.4 Å². The van der Waals surface area contributed by atoms with Crippen molar-refractivity contribution in [3.05, 3.63) is 16.1 Å². The summed E-state index contributed by atoms with van der Waals surface area (Å²) in [4.78, 5) is 30.3. The minimum atomic E-state index is -0.817. The molecular formula is C16H24N2O5S. The molecule has 7 nitrogen and oxygen atoms in total. The highest BCUT2D eigenvalue weighted by atomic mass is 32.1. The predicted octanol–water partition coefficient (Wildman–Crippen LogP) is 3.36. The smallest absolute Gasteiger partial charge is 0.413 e. The molecular weight excluding hydrogens is 332 g/mol. The second kappa shape index (κ2) is 6.68. The molecule has 1 atom stereocenters. The number of aromatic nitrogens is 1. The van der Waals surface area contributed by atoms with Crippen LogP contribution < -0.4 is 0 Å². The fraction of sp³-hybridized carbons (Fsp3) is 0.688. The second-order valence-corrected chi connectivity index (χ2v) is 7.81. The average Bonchev–Trinajstić information content (AvgIpc) is 3.00. The summed E-state index contributed by atoms with van der Waals surface area (Å²) < 4.78 is 16.2. The third kappa shape index (κ3) is 4.05. The second-order valence-electron chi connectivity index (χ2n) is 6.92. The molecule has 134 valence electrons. The number of nitrogens with zero attached hydrogens (tertiary/aromatic N) is 2. The topological polar surface area (TPSA) is 78.0 Å². The van der Waals surface area contributed by atoms with Crippen LogP contribution in [0.25, 0.3) is 0 Å². The van der Waals surface area contributed by atoms with Crippen molar-refractivity contribution in [1.82, 2.24) is 9.88 Å². The molecule has 1 aliphatic heterocycles. The zero-order valence-corrected chi connectivity index (χ0v) is 15.7. The van der Waals surface area contributed by atoms with Gasteiger partial charge in [-0.3, -0.25) is 4.90 Å². The van der Waals surface area contributed by atoms with Crippen molar-refractivity contribution < 1.29 is 23.8 Å². The molecule has 1 aliphatic rings. The highest BCUT2D eigenvalue weighted by Gasteiger charge is 2.47. The maximum absolute atomic E-state index is 12.6. The van der Waals surface area contributed by atoms with Crippen molar-refractivity contribution in [3.63, 3.8) is 0 Å². The Balaban J connectivity index is 2.25. The summed E-state index contributed by atoms with van der Waals surface area (Å²) in [6, 6.07) is -0.400. The number of hydrogen-bond donors (Lipinski definition) is 0. The molecule has 1 amide bonds. The Morgan fingerprint density at radius 1 is 1.46 bits per heavy atom. The minimum Gasteiger partial charge on any atom is -0.461 e. The van der Waals surface area contributed by atoms with E-state index >= 15 is 0 Å². The molecule has 0 radical (unpaired) electrons. The first-order valence-corrected chi connectivity index (χ1v) is 8.72. The third-order valence-corrected chi connectivity index (χ3v) is 4.31. The predicted molar refractivity (Wildman–Crippen MR) is 88.9 cm³/mol. The standard InChI is InChI=1S/C16H24N2O5S/c1-7-21-13(19)10-9-24-12(17-10)11-8-22-16(5,6)18(11)14(20)23-15(2,3)4/h9,11H,7-8H2,1-6H3/t11-/m0/s1. The van der Waals surface area contributed by atoms with Crippen molar-refractivity contribution in [3.8, 4) is 0 Å². The van der Waals surface area contributed by atoms with Gasteiger partial charge in [0, 0.05) is 5.38 Å². The van der Waals surface area contributed by atoms with Crippen LogP contribution in [0.15, 0.2) is 5.38 Å². The van der Waals surface area contributed by atoms with E-state index < -0.39 is 29.4 Å². The van der Waals surface area contributed by atoms with Crippen molar-refractivity contribution in [1.29, 1.82) is 0 Å². The Kier molecular flexibility index (Phi) is 5.19. The Morgan fingerprint density at radius 3 is 2.71 bits per heavy atom. The molecule has 2 rings (SSSR count). The quantitative estimate of drug-likeness (QED) is 0.773.